The van der Waals surface area contributed by atoms with Gasteiger partial charge in [-0.2, -0.15) is 0 Å². The molecule has 1 amide bonds. The lowest BCUT2D eigenvalue weighted by molar-refractivity contribution is -0.131. The molecule has 0 saturated carbocycles. The molecule has 124 valence electrons. The molecule has 0 aliphatic carbocycles. The molecule has 1 atom stereocenters. The number of hydrogen-bond donors (Lipinski definition) is 0. The van der Waals surface area contributed by atoms with Crippen LogP contribution in [0.3, 0.4) is 0 Å². The standard InChI is InChI=1S/C19H27N3O/c1-20(2)18-10-11-21(14-18)15-19(23)22-12-8-17(9-13-22)16-6-4-3-5-7-16/h3-8,18H,9-15H2,1-2H3/t18-/m0/s1. The minimum atomic E-state index is 0.271. The van der Waals surface area contributed by atoms with Gasteiger partial charge in [-0.05, 0) is 38.1 Å². The first-order chi connectivity index (χ1) is 11.1. The van der Waals surface area contributed by atoms with E-state index in [2.05, 4.69) is 54.2 Å². The van der Waals surface area contributed by atoms with E-state index in [0.29, 0.717) is 12.6 Å². The van der Waals surface area contributed by atoms with Crippen molar-refractivity contribution in [2.45, 2.75) is 18.9 Å². The molecule has 0 unspecified atom stereocenters. The minimum absolute atomic E-state index is 0.271. The second-order valence-electron chi connectivity index (χ2n) is 6.83. The normalized spacial score (nSPS) is 22.5. The zero-order valence-corrected chi connectivity index (χ0v) is 14.2. The van der Waals surface area contributed by atoms with Crippen molar-refractivity contribution in [2.24, 2.45) is 0 Å². The largest absolute Gasteiger partial charge is 0.338 e. The van der Waals surface area contributed by atoms with Crippen LogP contribution in [0.4, 0.5) is 0 Å². The molecule has 2 heterocycles. The number of amides is 1. The van der Waals surface area contributed by atoms with E-state index in [4.69, 9.17) is 0 Å². The van der Waals surface area contributed by atoms with Crippen LogP contribution in [-0.2, 0) is 4.79 Å². The Bertz CT molecular complexity index is 567. The van der Waals surface area contributed by atoms with Gasteiger partial charge in [-0.1, -0.05) is 36.4 Å². The molecule has 0 aromatic heterocycles. The van der Waals surface area contributed by atoms with Crippen molar-refractivity contribution < 1.29 is 4.79 Å². The lowest BCUT2D eigenvalue weighted by Gasteiger charge is -2.28. The minimum Gasteiger partial charge on any atom is -0.338 e. The van der Waals surface area contributed by atoms with E-state index < -0.39 is 0 Å². The van der Waals surface area contributed by atoms with Crippen molar-refractivity contribution in [3.63, 3.8) is 0 Å². The van der Waals surface area contributed by atoms with Crippen LogP contribution in [0.25, 0.3) is 5.57 Å². The topological polar surface area (TPSA) is 26.8 Å². The van der Waals surface area contributed by atoms with Crippen LogP contribution in [0, 0.1) is 0 Å². The van der Waals surface area contributed by atoms with E-state index in [0.717, 1.165) is 32.6 Å². The van der Waals surface area contributed by atoms with Gasteiger partial charge < -0.3 is 9.80 Å². The third-order valence-corrected chi connectivity index (χ3v) is 5.04. The first kappa shape index (κ1) is 16.2. The Morgan fingerprint density at radius 1 is 1.22 bits per heavy atom. The van der Waals surface area contributed by atoms with Crippen LogP contribution in [0.2, 0.25) is 0 Å². The summed E-state index contributed by atoms with van der Waals surface area (Å²) < 4.78 is 0. The molecule has 0 bridgehead atoms. The van der Waals surface area contributed by atoms with Gasteiger partial charge in [0.2, 0.25) is 5.91 Å². The van der Waals surface area contributed by atoms with Crippen LogP contribution in [0.1, 0.15) is 18.4 Å². The van der Waals surface area contributed by atoms with Gasteiger partial charge in [0.25, 0.3) is 0 Å². The summed E-state index contributed by atoms with van der Waals surface area (Å²) in [6.07, 6.45) is 4.33. The molecule has 23 heavy (non-hydrogen) atoms. The van der Waals surface area contributed by atoms with Gasteiger partial charge in [0, 0.05) is 32.2 Å². The quantitative estimate of drug-likeness (QED) is 0.850. The molecule has 1 fully saturated rings. The Kier molecular flexibility index (Phi) is 5.13. The third-order valence-electron chi connectivity index (χ3n) is 5.04. The molecule has 4 heteroatoms. The molecule has 1 saturated heterocycles. The summed E-state index contributed by atoms with van der Waals surface area (Å²) in [5, 5.41) is 0. The molecule has 0 radical (unpaired) electrons. The van der Waals surface area contributed by atoms with Gasteiger partial charge in [-0.15, -0.1) is 0 Å². The van der Waals surface area contributed by atoms with Gasteiger partial charge >= 0.3 is 0 Å². The predicted octanol–water partition coefficient (Wildman–Crippen LogP) is 1.94. The Labute approximate surface area is 139 Å². The maximum atomic E-state index is 12.5. The Balaban J connectivity index is 1.52. The summed E-state index contributed by atoms with van der Waals surface area (Å²) >= 11 is 0. The van der Waals surface area contributed by atoms with Crippen molar-refractivity contribution in [1.82, 2.24) is 14.7 Å². The van der Waals surface area contributed by atoms with Gasteiger partial charge in [0.1, 0.15) is 0 Å². The summed E-state index contributed by atoms with van der Waals surface area (Å²) in [7, 11) is 4.24. The van der Waals surface area contributed by atoms with Crippen LogP contribution in [-0.4, -0.2) is 73.5 Å². The highest BCUT2D eigenvalue weighted by Crippen LogP contribution is 2.22. The Hall–Kier alpha value is -1.65. The van der Waals surface area contributed by atoms with Crippen molar-refractivity contribution in [1.29, 1.82) is 0 Å². The van der Waals surface area contributed by atoms with E-state index in [1.807, 2.05) is 11.0 Å². The number of carbonyl (C=O) groups excluding carboxylic acids is 1. The van der Waals surface area contributed by atoms with Gasteiger partial charge in [-0.3, -0.25) is 9.69 Å². The van der Waals surface area contributed by atoms with Crippen LogP contribution in [0.15, 0.2) is 36.4 Å². The van der Waals surface area contributed by atoms with E-state index in [-0.39, 0.29) is 5.91 Å². The predicted molar refractivity (Wildman–Crippen MR) is 94.1 cm³/mol. The second-order valence-corrected chi connectivity index (χ2v) is 6.83. The fourth-order valence-corrected chi connectivity index (χ4v) is 3.48. The number of carbonyl (C=O) groups is 1. The summed E-state index contributed by atoms with van der Waals surface area (Å²) in [6.45, 7) is 4.20. The molecule has 2 aliphatic rings. The zero-order chi connectivity index (χ0) is 16.2. The summed E-state index contributed by atoms with van der Waals surface area (Å²) in [4.78, 5) is 19.1. The highest BCUT2D eigenvalue weighted by Gasteiger charge is 2.27. The molecule has 0 N–H and O–H groups in total. The Morgan fingerprint density at radius 2 is 2.00 bits per heavy atom. The number of likely N-dealkylation sites (tertiary alicyclic amines) is 1. The molecule has 2 aliphatic heterocycles. The molecule has 1 aromatic rings. The SMILES string of the molecule is CN(C)[C@H]1CCN(CC(=O)N2CC=C(c3ccccc3)CC2)C1. The zero-order valence-electron chi connectivity index (χ0n) is 14.2. The van der Waals surface area contributed by atoms with Gasteiger partial charge in [-0.25, -0.2) is 0 Å². The van der Waals surface area contributed by atoms with Crippen LogP contribution < -0.4 is 0 Å². The van der Waals surface area contributed by atoms with Crippen LogP contribution in [0.5, 0.6) is 0 Å². The maximum absolute atomic E-state index is 12.5. The number of benzene rings is 1. The van der Waals surface area contributed by atoms with Crippen molar-refractivity contribution >= 4 is 11.5 Å². The summed E-state index contributed by atoms with van der Waals surface area (Å²) in [5.41, 5.74) is 2.65. The van der Waals surface area contributed by atoms with E-state index >= 15 is 0 Å². The van der Waals surface area contributed by atoms with Crippen LogP contribution >= 0.6 is 0 Å². The smallest absolute Gasteiger partial charge is 0.237 e. The first-order valence-corrected chi connectivity index (χ1v) is 8.54. The highest BCUT2D eigenvalue weighted by atomic mass is 16.2. The highest BCUT2D eigenvalue weighted by molar-refractivity contribution is 5.80. The molecule has 4 nitrogen and oxygen atoms in total. The second kappa shape index (κ2) is 7.28. The number of likely N-dealkylation sites (N-methyl/N-ethyl adjacent to an activating group) is 1. The molecular formula is C19H27N3O. The van der Waals surface area contributed by atoms with E-state index in [1.165, 1.54) is 17.6 Å². The fraction of sp³-hybridized carbons (Fsp3) is 0.526. The van der Waals surface area contributed by atoms with E-state index in [9.17, 15) is 4.79 Å². The number of rotatable bonds is 4. The number of hydrogen-bond acceptors (Lipinski definition) is 3. The summed E-state index contributed by atoms with van der Waals surface area (Å²) in [5.74, 6) is 0.271. The monoisotopic (exact) mass is 313 g/mol. The van der Waals surface area contributed by atoms with E-state index in [1.54, 1.807) is 0 Å². The van der Waals surface area contributed by atoms with Crippen molar-refractivity contribution in [2.75, 3.05) is 46.8 Å². The molecular weight excluding hydrogens is 286 g/mol. The average Bonchev–Trinajstić information content (AvgIpc) is 3.04. The van der Waals surface area contributed by atoms with Crippen molar-refractivity contribution in [3.8, 4) is 0 Å². The van der Waals surface area contributed by atoms with Gasteiger partial charge in [0.15, 0.2) is 0 Å². The van der Waals surface area contributed by atoms with Crippen molar-refractivity contribution in [3.05, 3.63) is 42.0 Å². The summed E-state index contributed by atoms with van der Waals surface area (Å²) in [6, 6.07) is 11.1. The molecule has 1 aromatic carbocycles. The average molecular weight is 313 g/mol. The van der Waals surface area contributed by atoms with Gasteiger partial charge in [0.05, 0.1) is 6.54 Å². The molecule has 3 rings (SSSR count). The Morgan fingerprint density at radius 3 is 2.61 bits per heavy atom. The lowest BCUT2D eigenvalue weighted by Crippen LogP contribution is -2.42. The fourth-order valence-electron chi connectivity index (χ4n) is 3.48. The number of nitrogens with zero attached hydrogens (tertiary/aromatic N) is 3. The lowest BCUT2D eigenvalue weighted by atomic mass is 9.99. The third kappa shape index (κ3) is 4.01. The molecule has 0 spiro atoms. The maximum Gasteiger partial charge on any atom is 0.237 e. The first-order valence-electron chi connectivity index (χ1n) is 8.54.